The van der Waals surface area contributed by atoms with Crippen LogP contribution < -0.4 is 9.62 Å². The Labute approximate surface area is 196 Å². The number of azo groups is 1. The molecule has 0 radical (unpaired) electrons. The molecule has 2 aromatic rings. The molecule has 8 nitrogen and oxygen atoms in total. The summed E-state index contributed by atoms with van der Waals surface area (Å²) in [6.07, 6.45) is 1.58. The van der Waals surface area contributed by atoms with Gasteiger partial charge in [-0.2, -0.15) is 21.6 Å². The summed E-state index contributed by atoms with van der Waals surface area (Å²) in [7, 11) is -5.61. The van der Waals surface area contributed by atoms with Gasteiger partial charge in [0.15, 0.2) is 0 Å². The van der Waals surface area contributed by atoms with Crippen molar-refractivity contribution in [3.8, 4) is 0 Å². The second-order valence-electron chi connectivity index (χ2n) is 6.91. The van der Waals surface area contributed by atoms with Crippen molar-refractivity contribution >= 4 is 43.6 Å². The summed E-state index contributed by atoms with van der Waals surface area (Å²) >= 11 is 1.09. The Bertz CT molecular complexity index is 998. The van der Waals surface area contributed by atoms with E-state index in [-0.39, 0.29) is 43.4 Å². The molecule has 1 aliphatic rings. The predicted molar refractivity (Wildman–Crippen MR) is 111 cm³/mol. The average Bonchev–Trinajstić information content (AvgIpc) is 3.12. The maximum absolute atomic E-state index is 12.9. The number of nitrogens with one attached hydrogen (secondary N) is 1. The molecule has 0 amide bonds. The van der Waals surface area contributed by atoms with Crippen LogP contribution in [0.4, 0.5) is 35.4 Å². The Hall–Kier alpha value is -1.66. The number of hydrogen-bond donors (Lipinski definition) is 1. The Morgan fingerprint density at radius 1 is 1.29 bits per heavy atom. The predicted octanol–water partition coefficient (Wildman–Crippen LogP) is 5.26. The molecule has 0 spiro atoms. The molecule has 31 heavy (non-hydrogen) atoms. The van der Waals surface area contributed by atoms with E-state index < -0.39 is 15.5 Å². The fourth-order valence-electron chi connectivity index (χ4n) is 3.00. The van der Waals surface area contributed by atoms with Gasteiger partial charge in [-0.25, -0.2) is 0 Å². The van der Waals surface area contributed by atoms with E-state index in [1.807, 2.05) is 18.7 Å². The molecule has 0 atom stereocenters. The van der Waals surface area contributed by atoms with Crippen LogP contribution in [0.2, 0.25) is 0 Å². The van der Waals surface area contributed by atoms with Gasteiger partial charge in [0.2, 0.25) is 0 Å². The normalized spacial score (nSPS) is 14.2. The van der Waals surface area contributed by atoms with Crippen LogP contribution in [0.15, 0.2) is 27.9 Å². The molecule has 0 unspecified atom stereocenters. The molecule has 1 aliphatic heterocycles. The molecule has 0 fully saturated rings. The SMILES string of the molecule is C.CC(C)CN1CCCc2cc(N=Nc3nncs3)c(NS(=O)(=O)C(F)(F)F)cc21.[Zn]. The smallest absolute Gasteiger partial charge is 0.371 e. The third kappa shape index (κ3) is 6.66. The Kier molecular flexibility index (Phi) is 9.52. The van der Waals surface area contributed by atoms with E-state index in [1.165, 1.54) is 11.6 Å². The van der Waals surface area contributed by atoms with Crippen LogP contribution >= 0.6 is 11.3 Å². The molecule has 3 rings (SSSR count). The van der Waals surface area contributed by atoms with Gasteiger partial charge in [0.05, 0.1) is 5.69 Å². The van der Waals surface area contributed by atoms with E-state index >= 15 is 0 Å². The molecule has 1 aromatic heterocycles. The number of fused-ring (bicyclic) bond motifs is 1. The van der Waals surface area contributed by atoms with Crippen molar-refractivity contribution in [1.82, 2.24) is 10.2 Å². The minimum Gasteiger partial charge on any atom is -0.371 e. The van der Waals surface area contributed by atoms with Crippen LogP contribution in [-0.4, -0.2) is 37.2 Å². The maximum Gasteiger partial charge on any atom is 0.516 e. The fraction of sp³-hybridized carbons (Fsp3) is 0.529. The third-order valence-electron chi connectivity index (χ3n) is 4.14. The first-order valence-corrected chi connectivity index (χ1v) is 11.1. The summed E-state index contributed by atoms with van der Waals surface area (Å²) in [5.41, 5.74) is -2.76. The Balaban J connectivity index is 0.00000240. The van der Waals surface area contributed by atoms with Crippen molar-refractivity contribution in [3.05, 3.63) is 23.2 Å². The molecule has 0 bridgehead atoms. The summed E-state index contributed by atoms with van der Waals surface area (Å²) in [5, 5.41) is 15.3. The van der Waals surface area contributed by atoms with E-state index in [4.69, 9.17) is 0 Å². The standard InChI is InChI=1S/C16H19F3N6O2S2.CH4.Zn/c1-10(2)8-25-5-3-4-11-6-12(21-23-15-22-20-9-28-15)13(7-14(11)25)24-29(26,27)16(17,18)19;;/h6-7,9-10,24H,3-5,8H2,1-2H3;1H4;. The van der Waals surface area contributed by atoms with Gasteiger partial charge in [-0.3, -0.25) is 4.72 Å². The number of nitrogens with zero attached hydrogens (tertiary/aromatic N) is 5. The summed E-state index contributed by atoms with van der Waals surface area (Å²) in [4.78, 5) is 2.04. The third-order valence-corrected chi connectivity index (χ3v) is 5.81. The Morgan fingerprint density at radius 2 is 2.00 bits per heavy atom. The van der Waals surface area contributed by atoms with Crippen molar-refractivity contribution in [2.24, 2.45) is 16.1 Å². The first kappa shape index (κ1) is 27.4. The first-order valence-electron chi connectivity index (χ1n) is 8.75. The van der Waals surface area contributed by atoms with Crippen molar-refractivity contribution in [3.63, 3.8) is 0 Å². The summed E-state index contributed by atoms with van der Waals surface area (Å²) in [6, 6.07) is 2.97. The largest absolute Gasteiger partial charge is 0.516 e. The van der Waals surface area contributed by atoms with Gasteiger partial charge in [0, 0.05) is 38.3 Å². The van der Waals surface area contributed by atoms with Crippen molar-refractivity contribution in [2.45, 2.75) is 39.6 Å². The molecule has 0 aliphatic carbocycles. The molecule has 14 heteroatoms. The number of aromatic nitrogens is 2. The van der Waals surface area contributed by atoms with E-state index in [1.54, 1.807) is 10.8 Å². The number of aryl methyl sites for hydroxylation is 1. The topological polar surface area (TPSA) is 99.9 Å². The van der Waals surface area contributed by atoms with E-state index in [0.29, 0.717) is 24.6 Å². The minimum absolute atomic E-state index is 0. The minimum atomic E-state index is -5.61. The second-order valence-corrected chi connectivity index (χ2v) is 9.40. The van der Waals surface area contributed by atoms with E-state index in [9.17, 15) is 21.6 Å². The number of benzene rings is 1. The fourth-order valence-corrected chi connectivity index (χ4v) is 3.94. The average molecular weight is 530 g/mol. The van der Waals surface area contributed by atoms with Crippen molar-refractivity contribution in [2.75, 3.05) is 22.7 Å². The summed E-state index contributed by atoms with van der Waals surface area (Å²) in [6.45, 7) is 5.50. The van der Waals surface area contributed by atoms with Crippen molar-refractivity contribution in [1.29, 1.82) is 0 Å². The van der Waals surface area contributed by atoms with E-state index in [2.05, 4.69) is 20.4 Å². The van der Waals surface area contributed by atoms with Gasteiger partial charge in [-0.05, 0) is 36.5 Å². The molecule has 1 N–H and O–H groups in total. The number of anilines is 2. The molecule has 0 saturated carbocycles. The van der Waals surface area contributed by atoms with Crippen LogP contribution in [-0.2, 0) is 35.9 Å². The zero-order valence-electron chi connectivity index (χ0n) is 16.3. The molecular weight excluding hydrogens is 507 g/mol. The summed E-state index contributed by atoms with van der Waals surface area (Å²) < 4.78 is 63.7. The number of rotatable bonds is 6. The zero-order valence-corrected chi connectivity index (χ0v) is 20.9. The van der Waals surface area contributed by atoms with Gasteiger partial charge in [0.25, 0.3) is 5.13 Å². The number of alkyl halides is 3. The molecular formula is C17H23F3N6O2S2Zn. The number of sulfonamides is 1. The first-order chi connectivity index (χ1) is 13.6. The number of hydrogen-bond acceptors (Lipinski definition) is 8. The van der Waals surface area contributed by atoms with Gasteiger partial charge in [-0.1, -0.05) is 32.6 Å². The molecule has 2 heterocycles. The number of halogens is 3. The second kappa shape index (κ2) is 10.8. The molecule has 1 aromatic carbocycles. The van der Waals surface area contributed by atoms with Gasteiger partial charge < -0.3 is 4.90 Å². The van der Waals surface area contributed by atoms with Crippen molar-refractivity contribution < 1.29 is 41.1 Å². The maximum atomic E-state index is 12.9. The van der Waals surface area contributed by atoms with Crippen LogP contribution in [0.1, 0.15) is 33.3 Å². The van der Waals surface area contributed by atoms with Crippen LogP contribution in [0.25, 0.3) is 0 Å². The zero-order chi connectivity index (χ0) is 21.2. The molecule has 168 valence electrons. The quantitative estimate of drug-likeness (QED) is 0.406. The molecule has 0 saturated heterocycles. The van der Waals surface area contributed by atoms with E-state index in [0.717, 1.165) is 29.9 Å². The van der Waals surface area contributed by atoms with Gasteiger partial charge in [0.1, 0.15) is 11.2 Å². The van der Waals surface area contributed by atoms with Crippen LogP contribution in [0, 0.1) is 5.92 Å². The van der Waals surface area contributed by atoms with Crippen LogP contribution in [0.5, 0.6) is 0 Å². The van der Waals surface area contributed by atoms with Gasteiger partial charge in [-0.15, -0.1) is 20.4 Å². The monoisotopic (exact) mass is 528 g/mol. The summed E-state index contributed by atoms with van der Waals surface area (Å²) in [5.74, 6) is 0.327. The van der Waals surface area contributed by atoms with Gasteiger partial charge >= 0.3 is 15.5 Å². The Morgan fingerprint density at radius 3 is 2.58 bits per heavy atom. The van der Waals surface area contributed by atoms with Crippen LogP contribution in [0.3, 0.4) is 0 Å².